The molecule has 62 heavy (non-hydrogen) atoms. The van der Waals surface area contributed by atoms with Gasteiger partial charge in [0.15, 0.2) is 18.9 Å². The van der Waals surface area contributed by atoms with E-state index in [9.17, 15) is 46.0 Å². The summed E-state index contributed by atoms with van der Waals surface area (Å²) < 4.78 is 43.9. The number of fused-ring (bicyclic) bond motifs is 7. The highest BCUT2D eigenvalue weighted by atomic mass is 16.8. The third-order valence-corrected chi connectivity index (χ3v) is 17.9. The van der Waals surface area contributed by atoms with Crippen molar-refractivity contribution in [2.75, 3.05) is 19.8 Å². The number of allylic oxidation sites excluding steroid dienone is 1. The van der Waals surface area contributed by atoms with E-state index in [0.717, 1.165) is 38.6 Å². The first kappa shape index (κ1) is 46.2. The first-order valence-corrected chi connectivity index (χ1v) is 23.5. The molecular weight excluding hydrogens is 810 g/mol. The summed E-state index contributed by atoms with van der Waals surface area (Å²) in [6.45, 7) is 10.8. The van der Waals surface area contributed by atoms with Crippen LogP contribution in [-0.2, 0) is 33.2 Å². The van der Waals surface area contributed by atoms with Crippen LogP contribution in [0.15, 0.2) is 11.6 Å². The van der Waals surface area contributed by atoms with Gasteiger partial charge in [-0.2, -0.15) is 0 Å². The number of rotatable bonds is 8. The Balaban J connectivity index is 0.940. The fraction of sp³-hybridized carbons (Fsp3) is 0.956. The minimum Gasteiger partial charge on any atom is -0.394 e. The minimum absolute atomic E-state index is 0.0361. The van der Waals surface area contributed by atoms with Crippen molar-refractivity contribution < 1.29 is 79.1 Å². The fourth-order valence-corrected chi connectivity index (χ4v) is 14.2. The molecule has 0 aromatic heterocycles. The van der Waals surface area contributed by atoms with Crippen molar-refractivity contribution in [3.8, 4) is 0 Å². The van der Waals surface area contributed by atoms with E-state index in [-0.39, 0.29) is 22.7 Å². The fourth-order valence-electron chi connectivity index (χ4n) is 14.2. The quantitative estimate of drug-likeness (QED) is 0.142. The largest absolute Gasteiger partial charge is 0.394 e. The SMILES string of the molecule is CC1CCC2(NC1)OC1CC3C4CC=C5C[C@@H](O[C@@H]6O[C@H](CO)[C@H](O)[C@H](O[C@@H]7O[C@H](CO)[C@@H](O)[C@H](O)[C@H]7O)[C@H]6O[C@@H]6O[C@@H](C)[C@H](O)[C@@H](O)[C@H]6O)CC[C@]5(C)C4CC[C@]3(C)C1C2C. The molecule has 17 nitrogen and oxygen atoms in total. The highest BCUT2D eigenvalue weighted by Crippen LogP contribution is 2.70. The molecule has 5 aliphatic heterocycles. The Morgan fingerprint density at radius 1 is 0.694 bits per heavy atom. The predicted octanol–water partition coefficient (Wildman–Crippen LogP) is -0.213. The maximum atomic E-state index is 11.6. The zero-order chi connectivity index (χ0) is 44.2. The molecule has 354 valence electrons. The van der Waals surface area contributed by atoms with E-state index < -0.39 is 111 Å². The van der Waals surface area contributed by atoms with Crippen LogP contribution in [-0.4, -0.2) is 176 Å². The van der Waals surface area contributed by atoms with E-state index in [1.165, 1.54) is 25.3 Å². The van der Waals surface area contributed by atoms with Gasteiger partial charge < -0.3 is 79.1 Å². The van der Waals surface area contributed by atoms with Gasteiger partial charge >= 0.3 is 0 Å². The molecule has 0 radical (unpaired) electrons. The second kappa shape index (κ2) is 17.3. The topological polar surface area (TPSA) is 259 Å². The molecule has 10 N–H and O–H groups in total. The normalized spacial score (nSPS) is 57.6. The summed E-state index contributed by atoms with van der Waals surface area (Å²) in [7, 11) is 0. The standard InChI is InChI=1S/C45H73NO16/c1-19-8-13-45(46-16-19)20(2)30-27(62-45)15-26-24-7-6-22-14-23(9-11-43(22,4)25(24)10-12-44(26,30)5)57-42-39(61-40-36(54)34(52)31(49)21(3)56-40)38(33(51)29(18-48)59-42)60-41-37(55)35(53)32(50)28(17-47)58-41/h6,19-21,23-42,46-55H,7-18H2,1-5H3/t19?,20?,21-,23-,24?,25?,26?,27?,28+,29+,30?,31-,32+,33-,34+,35-,36+,37+,38-,39+,40-,41-,42+,43-,44-,45?/m0/s1. The number of hydrogen-bond acceptors (Lipinski definition) is 17. The van der Waals surface area contributed by atoms with Crippen molar-refractivity contribution in [1.82, 2.24) is 5.32 Å². The number of nitrogens with one attached hydrogen (secondary N) is 1. The number of piperidine rings is 1. The molecule has 26 atom stereocenters. The second-order valence-corrected chi connectivity index (χ2v) is 21.2. The third kappa shape index (κ3) is 7.49. The Morgan fingerprint density at radius 2 is 1.35 bits per heavy atom. The van der Waals surface area contributed by atoms with Crippen LogP contribution in [0.5, 0.6) is 0 Å². The van der Waals surface area contributed by atoms with Gasteiger partial charge in [0.2, 0.25) is 0 Å². The number of ether oxygens (including phenoxy) is 7. The molecule has 5 heterocycles. The van der Waals surface area contributed by atoms with Gasteiger partial charge in [-0.15, -0.1) is 0 Å². The lowest BCUT2D eigenvalue weighted by molar-refractivity contribution is -0.394. The first-order chi connectivity index (χ1) is 29.4. The lowest BCUT2D eigenvalue weighted by Crippen LogP contribution is -2.67. The first-order valence-electron chi connectivity index (χ1n) is 23.5. The highest BCUT2D eigenvalue weighted by molar-refractivity contribution is 5.26. The summed E-state index contributed by atoms with van der Waals surface area (Å²) in [4.78, 5) is 0. The van der Waals surface area contributed by atoms with Crippen LogP contribution in [0.25, 0.3) is 0 Å². The Hall–Kier alpha value is -0.940. The molecule has 3 saturated carbocycles. The van der Waals surface area contributed by atoms with Gasteiger partial charge in [0.05, 0.1) is 31.5 Å². The molecule has 8 unspecified atom stereocenters. The van der Waals surface area contributed by atoms with E-state index in [0.29, 0.717) is 48.3 Å². The monoisotopic (exact) mass is 883 g/mol. The van der Waals surface area contributed by atoms with E-state index >= 15 is 0 Å². The molecule has 17 heteroatoms. The van der Waals surface area contributed by atoms with Gasteiger partial charge in [0, 0.05) is 12.5 Å². The van der Waals surface area contributed by atoms with Crippen molar-refractivity contribution in [3.63, 3.8) is 0 Å². The maximum Gasteiger partial charge on any atom is 0.187 e. The van der Waals surface area contributed by atoms with Crippen molar-refractivity contribution >= 4 is 0 Å². The Morgan fingerprint density at radius 3 is 2.05 bits per heavy atom. The minimum atomic E-state index is -1.84. The summed E-state index contributed by atoms with van der Waals surface area (Å²) in [6.07, 6.45) is -11.9. The Kier molecular flexibility index (Phi) is 12.9. The molecule has 0 amide bonds. The zero-order valence-corrected chi connectivity index (χ0v) is 36.7. The van der Waals surface area contributed by atoms with Crippen molar-refractivity contribution in [1.29, 1.82) is 0 Å². The zero-order valence-electron chi connectivity index (χ0n) is 36.7. The number of aliphatic hydroxyl groups is 9. The van der Waals surface area contributed by atoms with Crippen molar-refractivity contribution in [3.05, 3.63) is 11.6 Å². The van der Waals surface area contributed by atoms with Gasteiger partial charge in [0.1, 0.15) is 72.9 Å². The molecule has 1 spiro atoms. The predicted molar refractivity (Wildman–Crippen MR) is 216 cm³/mol. The third-order valence-electron chi connectivity index (χ3n) is 17.9. The molecule has 4 aliphatic carbocycles. The number of aliphatic hydroxyl groups excluding tert-OH is 9. The van der Waals surface area contributed by atoms with E-state index in [1.807, 2.05) is 0 Å². The molecule has 9 rings (SSSR count). The van der Waals surface area contributed by atoms with Crippen LogP contribution in [0.4, 0.5) is 0 Å². The van der Waals surface area contributed by atoms with Gasteiger partial charge in [0.25, 0.3) is 0 Å². The van der Waals surface area contributed by atoms with E-state index in [4.69, 9.17) is 33.2 Å². The van der Waals surface area contributed by atoms with E-state index in [2.05, 4.69) is 39.1 Å². The van der Waals surface area contributed by atoms with Gasteiger partial charge in [-0.25, -0.2) is 0 Å². The lowest BCUT2D eigenvalue weighted by atomic mass is 9.47. The average molecular weight is 884 g/mol. The summed E-state index contributed by atoms with van der Waals surface area (Å²) in [5.74, 6) is 3.32. The van der Waals surface area contributed by atoms with Crippen LogP contribution >= 0.6 is 0 Å². The lowest BCUT2D eigenvalue weighted by Gasteiger charge is -2.59. The second-order valence-electron chi connectivity index (χ2n) is 21.2. The smallest absolute Gasteiger partial charge is 0.187 e. The summed E-state index contributed by atoms with van der Waals surface area (Å²) in [6, 6.07) is 0. The van der Waals surface area contributed by atoms with Crippen LogP contribution in [0.1, 0.15) is 92.4 Å². The van der Waals surface area contributed by atoms with Crippen LogP contribution < -0.4 is 5.32 Å². The summed E-state index contributed by atoms with van der Waals surface area (Å²) in [5, 5.41) is 99.7. The van der Waals surface area contributed by atoms with Crippen LogP contribution in [0.2, 0.25) is 0 Å². The Bertz CT molecular complexity index is 1610. The van der Waals surface area contributed by atoms with Crippen LogP contribution in [0, 0.1) is 46.3 Å². The molecule has 0 bridgehead atoms. The average Bonchev–Trinajstić information content (AvgIpc) is 3.70. The van der Waals surface area contributed by atoms with Crippen molar-refractivity contribution in [2.45, 2.75) is 202 Å². The molecule has 5 saturated heterocycles. The van der Waals surface area contributed by atoms with Gasteiger partial charge in [-0.3, -0.25) is 5.32 Å². The van der Waals surface area contributed by atoms with Gasteiger partial charge in [-0.1, -0.05) is 39.3 Å². The Labute approximate surface area is 364 Å². The molecule has 0 aromatic carbocycles. The molecule has 9 aliphatic rings. The molecule has 0 aromatic rings. The molecular formula is C45H73NO16. The van der Waals surface area contributed by atoms with E-state index in [1.54, 1.807) is 0 Å². The highest BCUT2D eigenvalue weighted by Gasteiger charge is 2.68. The summed E-state index contributed by atoms with van der Waals surface area (Å²) in [5.41, 5.74) is 1.32. The molecule has 8 fully saturated rings. The van der Waals surface area contributed by atoms with Gasteiger partial charge in [-0.05, 0) is 105 Å². The summed E-state index contributed by atoms with van der Waals surface area (Å²) >= 11 is 0. The number of hydrogen-bond donors (Lipinski definition) is 10. The van der Waals surface area contributed by atoms with Crippen molar-refractivity contribution in [2.24, 2.45) is 46.3 Å². The maximum absolute atomic E-state index is 11.6. The van der Waals surface area contributed by atoms with Crippen LogP contribution in [0.3, 0.4) is 0 Å².